The van der Waals surface area contributed by atoms with Crippen LogP contribution >= 0.6 is 0 Å². The van der Waals surface area contributed by atoms with Crippen molar-refractivity contribution in [2.45, 2.75) is 44.2 Å². The summed E-state index contributed by atoms with van der Waals surface area (Å²) in [6.45, 7) is 3.81. The molecule has 0 radical (unpaired) electrons. The standard InChI is InChI=1S/C26H30FN5O2/c27-19-15-30(16-19)14-17-9-11-31(12-10-17)22-13-21(26(33)34)28-25-23(22)24(18-5-4-6-18)29-32(25)20-7-2-1-3-8-20/h1-3,7-8,13,17-19H,4-6,9-12,14-16H2,(H,33,34). The van der Waals surface area contributed by atoms with Crippen molar-refractivity contribution in [3.05, 3.63) is 47.8 Å². The van der Waals surface area contributed by atoms with Crippen LogP contribution in [0.4, 0.5) is 10.1 Å². The second kappa shape index (κ2) is 8.65. The zero-order chi connectivity index (χ0) is 23.2. The molecule has 1 aromatic carbocycles. The van der Waals surface area contributed by atoms with Gasteiger partial charge in [-0.15, -0.1) is 0 Å². The average Bonchev–Trinajstić information content (AvgIpc) is 3.16. The van der Waals surface area contributed by atoms with Crippen molar-refractivity contribution >= 4 is 22.7 Å². The predicted octanol–water partition coefficient (Wildman–Crippen LogP) is 4.26. The number of hydrogen-bond donors (Lipinski definition) is 1. The Kier molecular flexibility index (Phi) is 5.48. The van der Waals surface area contributed by atoms with Crippen LogP contribution in [0.5, 0.6) is 0 Å². The number of carboxylic acids is 1. The molecule has 8 heteroatoms. The molecule has 3 aromatic rings. The molecule has 0 atom stereocenters. The van der Waals surface area contributed by atoms with Crippen LogP contribution in [-0.4, -0.2) is 69.6 Å². The van der Waals surface area contributed by atoms with Gasteiger partial charge in [0.05, 0.1) is 22.5 Å². The Balaban J connectivity index is 1.38. The van der Waals surface area contributed by atoms with Gasteiger partial charge in [-0.2, -0.15) is 5.10 Å². The number of piperidine rings is 1. The molecule has 2 aliphatic heterocycles. The maximum Gasteiger partial charge on any atom is 0.354 e. The number of carboxylic acid groups (broad SMARTS) is 1. The van der Waals surface area contributed by atoms with E-state index in [-0.39, 0.29) is 5.69 Å². The lowest BCUT2D eigenvalue weighted by atomic mass is 9.81. The van der Waals surface area contributed by atoms with Gasteiger partial charge in [-0.3, -0.25) is 4.90 Å². The lowest BCUT2D eigenvalue weighted by molar-refractivity contribution is 0.0480. The number of aromatic nitrogens is 3. The second-order valence-corrected chi connectivity index (χ2v) is 10.0. The zero-order valence-corrected chi connectivity index (χ0v) is 19.2. The van der Waals surface area contributed by atoms with Gasteiger partial charge in [0.1, 0.15) is 6.17 Å². The van der Waals surface area contributed by atoms with Crippen molar-refractivity contribution in [1.82, 2.24) is 19.7 Å². The van der Waals surface area contributed by atoms with Crippen molar-refractivity contribution < 1.29 is 14.3 Å². The highest BCUT2D eigenvalue weighted by molar-refractivity contribution is 5.98. The number of nitrogens with zero attached hydrogens (tertiary/aromatic N) is 5. The maximum atomic E-state index is 13.2. The number of pyridine rings is 1. The largest absolute Gasteiger partial charge is 0.477 e. The number of benzene rings is 1. The Morgan fingerprint density at radius 3 is 2.44 bits per heavy atom. The molecule has 34 heavy (non-hydrogen) atoms. The van der Waals surface area contributed by atoms with Crippen LogP contribution < -0.4 is 4.90 Å². The van der Waals surface area contributed by atoms with E-state index in [4.69, 9.17) is 5.10 Å². The number of halogens is 1. The number of hydrogen-bond acceptors (Lipinski definition) is 5. The third-order valence-electron chi connectivity index (χ3n) is 7.74. The van der Waals surface area contributed by atoms with Crippen molar-refractivity contribution in [3.63, 3.8) is 0 Å². The molecule has 4 heterocycles. The van der Waals surface area contributed by atoms with Crippen molar-refractivity contribution in [3.8, 4) is 5.69 Å². The van der Waals surface area contributed by atoms with E-state index in [9.17, 15) is 14.3 Å². The number of aromatic carboxylic acids is 1. The first-order valence-corrected chi connectivity index (χ1v) is 12.4. The average molecular weight is 464 g/mol. The molecule has 6 rings (SSSR count). The van der Waals surface area contributed by atoms with Gasteiger partial charge in [-0.25, -0.2) is 18.9 Å². The van der Waals surface area contributed by atoms with E-state index in [1.165, 1.54) is 6.42 Å². The van der Waals surface area contributed by atoms with Crippen LogP contribution in [0.15, 0.2) is 36.4 Å². The minimum atomic E-state index is -1.03. The van der Waals surface area contributed by atoms with Gasteiger partial charge in [0.25, 0.3) is 0 Å². The molecule has 2 aromatic heterocycles. The first kappa shape index (κ1) is 21.5. The number of alkyl halides is 1. The summed E-state index contributed by atoms with van der Waals surface area (Å²) in [5.41, 5.74) is 3.55. The van der Waals surface area contributed by atoms with E-state index in [0.717, 1.165) is 67.8 Å². The van der Waals surface area contributed by atoms with Crippen LogP contribution in [0.25, 0.3) is 16.7 Å². The molecule has 178 valence electrons. The zero-order valence-electron chi connectivity index (χ0n) is 19.2. The lowest BCUT2D eigenvalue weighted by Crippen LogP contribution is -2.51. The molecule has 0 amide bonds. The molecule has 1 saturated carbocycles. The monoisotopic (exact) mass is 463 g/mol. The van der Waals surface area contributed by atoms with Crippen LogP contribution in [0.2, 0.25) is 0 Å². The van der Waals surface area contributed by atoms with E-state index in [1.54, 1.807) is 6.07 Å². The molecular weight excluding hydrogens is 433 g/mol. The quantitative estimate of drug-likeness (QED) is 0.589. The molecular formula is C26H30FN5O2. The first-order chi connectivity index (χ1) is 16.6. The molecule has 2 saturated heterocycles. The Labute approximate surface area is 198 Å². The summed E-state index contributed by atoms with van der Waals surface area (Å²) in [6, 6.07) is 11.6. The van der Waals surface area contributed by atoms with Crippen LogP contribution in [0.3, 0.4) is 0 Å². The van der Waals surface area contributed by atoms with E-state index in [2.05, 4.69) is 14.8 Å². The summed E-state index contributed by atoms with van der Waals surface area (Å²) in [5.74, 6) is -0.0814. The number of anilines is 1. The van der Waals surface area contributed by atoms with Gasteiger partial charge >= 0.3 is 5.97 Å². The smallest absolute Gasteiger partial charge is 0.354 e. The summed E-state index contributed by atoms with van der Waals surface area (Å²) < 4.78 is 15.0. The van der Waals surface area contributed by atoms with Crippen molar-refractivity contribution in [2.24, 2.45) is 5.92 Å². The molecule has 0 unspecified atom stereocenters. The Hall–Kier alpha value is -3.00. The minimum absolute atomic E-state index is 0.0523. The Morgan fingerprint density at radius 2 is 1.82 bits per heavy atom. The van der Waals surface area contributed by atoms with E-state index < -0.39 is 12.1 Å². The summed E-state index contributed by atoms with van der Waals surface area (Å²) in [4.78, 5) is 21.1. The van der Waals surface area contributed by atoms with Crippen molar-refractivity contribution in [2.75, 3.05) is 37.6 Å². The minimum Gasteiger partial charge on any atom is -0.477 e. The summed E-state index contributed by atoms with van der Waals surface area (Å²) >= 11 is 0. The number of carbonyl (C=O) groups is 1. The van der Waals surface area contributed by atoms with E-state index >= 15 is 0 Å². The fourth-order valence-corrected chi connectivity index (χ4v) is 5.58. The predicted molar refractivity (Wildman–Crippen MR) is 129 cm³/mol. The van der Waals surface area contributed by atoms with E-state index in [0.29, 0.717) is 30.6 Å². The van der Waals surface area contributed by atoms with Gasteiger partial charge in [0.15, 0.2) is 11.3 Å². The fraction of sp³-hybridized carbons (Fsp3) is 0.500. The summed E-state index contributed by atoms with van der Waals surface area (Å²) in [5, 5.41) is 15.9. The fourth-order valence-electron chi connectivity index (χ4n) is 5.58. The highest BCUT2D eigenvalue weighted by Crippen LogP contribution is 2.43. The van der Waals surface area contributed by atoms with Gasteiger partial charge in [0.2, 0.25) is 0 Å². The summed E-state index contributed by atoms with van der Waals surface area (Å²) in [6.07, 6.45) is 4.78. The molecule has 1 N–H and O–H groups in total. The van der Waals surface area contributed by atoms with Crippen molar-refractivity contribution in [1.29, 1.82) is 0 Å². The van der Waals surface area contributed by atoms with Crippen LogP contribution in [-0.2, 0) is 0 Å². The highest BCUT2D eigenvalue weighted by Gasteiger charge is 2.33. The topological polar surface area (TPSA) is 74.5 Å². The number of fused-ring (bicyclic) bond motifs is 1. The van der Waals surface area contributed by atoms with Gasteiger partial charge < -0.3 is 10.0 Å². The van der Waals surface area contributed by atoms with Gasteiger partial charge in [-0.05, 0) is 49.8 Å². The Morgan fingerprint density at radius 1 is 1.09 bits per heavy atom. The molecule has 3 aliphatic rings. The van der Waals surface area contributed by atoms with Gasteiger partial charge in [0, 0.05) is 38.6 Å². The summed E-state index contributed by atoms with van der Waals surface area (Å²) in [7, 11) is 0. The third kappa shape index (κ3) is 3.83. The molecule has 3 fully saturated rings. The molecule has 7 nitrogen and oxygen atoms in total. The van der Waals surface area contributed by atoms with E-state index in [1.807, 2.05) is 35.0 Å². The maximum absolute atomic E-state index is 13.2. The lowest BCUT2D eigenvalue weighted by Gasteiger charge is -2.40. The van der Waals surface area contributed by atoms with Gasteiger partial charge in [-0.1, -0.05) is 24.6 Å². The number of rotatable bonds is 6. The van der Waals surface area contributed by atoms with Crippen LogP contribution in [0.1, 0.15) is 54.2 Å². The first-order valence-electron chi connectivity index (χ1n) is 12.4. The molecule has 1 aliphatic carbocycles. The van der Waals surface area contributed by atoms with Crippen LogP contribution in [0, 0.1) is 5.92 Å². The Bertz CT molecular complexity index is 1190. The number of para-hydroxylation sites is 1. The third-order valence-corrected chi connectivity index (χ3v) is 7.74. The molecule has 0 bridgehead atoms. The second-order valence-electron chi connectivity index (χ2n) is 10.0. The molecule has 0 spiro atoms. The SMILES string of the molecule is O=C(O)c1cc(N2CCC(CN3CC(F)C3)CC2)c2c(C3CCC3)nn(-c3ccccc3)c2n1. The highest BCUT2D eigenvalue weighted by atomic mass is 19.1. The normalized spacial score (nSPS) is 20.4. The number of likely N-dealkylation sites (tertiary alicyclic amines) is 1.